The lowest BCUT2D eigenvalue weighted by molar-refractivity contribution is 0.0944. The van der Waals surface area contributed by atoms with Crippen molar-refractivity contribution in [3.8, 4) is 0 Å². The van der Waals surface area contributed by atoms with Crippen LogP contribution in [0.15, 0.2) is 24.3 Å². The van der Waals surface area contributed by atoms with E-state index in [2.05, 4.69) is 31.0 Å². The number of carbonyl (C=O) groups excluding carboxylic acids is 1. The molecule has 0 aliphatic rings. The molecule has 0 aliphatic heterocycles. The van der Waals surface area contributed by atoms with Crippen LogP contribution in [0.2, 0.25) is 0 Å². The molecule has 4 nitrogen and oxygen atoms in total. The molecular weight excluding hydrogens is 276 g/mol. The van der Waals surface area contributed by atoms with Crippen LogP contribution in [0, 0.1) is 0 Å². The lowest BCUT2D eigenvalue weighted by Gasteiger charge is -2.24. The summed E-state index contributed by atoms with van der Waals surface area (Å²) in [6.45, 7) is 12.6. The van der Waals surface area contributed by atoms with E-state index in [0.29, 0.717) is 24.8 Å². The second kappa shape index (κ2) is 10.4. The molecule has 0 radical (unpaired) electrons. The third-order valence-corrected chi connectivity index (χ3v) is 3.69. The van der Waals surface area contributed by atoms with Gasteiger partial charge in [0.15, 0.2) is 0 Å². The fourth-order valence-corrected chi connectivity index (χ4v) is 2.28. The summed E-state index contributed by atoms with van der Waals surface area (Å²) in [5, 5.41) is 2.92. The van der Waals surface area contributed by atoms with Gasteiger partial charge in [-0.3, -0.25) is 9.69 Å². The van der Waals surface area contributed by atoms with Crippen LogP contribution in [0.25, 0.3) is 0 Å². The lowest BCUT2D eigenvalue weighted by atomic mass is 10.1. The van der Waals surface area contributed by atoms with Gasteiger partial charge in [-0.1, -0.05) is 19.1 Å². The molecular formula is C18H30N2O2. The molecule has 1 N–H and O–H groups in total. The van der Waals surface area contributed by atoms with Crippen LogP contribution in [-0.4, -0.2) is 43.2 Å². The Morgan fingerprint density at radius 2 is 1.91 bits per heavy atom. The van der Waals surface area contributed by atoms with Crippen molar-refractivity contribution in [1.82, 2.24) is 10.2 Å². The van der Waals surface area contributed by atoms with Crippen LogP contribution in [0.4, 0.5) is 0 Å². The Balaban J connectivity index is 2.45. The Labute approximate surface area is 134 Å². The van der Waals surface area contributed by atoms with Crippen molar-refractivity contribution in [2.75, 3.05) is 26.3 Å². The molecule has 1 amide bonds. The number of nitrogens with one attached hydrogen (secondary N) is 1. The number of rotatable bonds is 10. The zero-order valence-corrected chi connectivity index (χ0v) is 14.4. The van der Waals surface area contributed by atoms with E-state index in [9.17, 15) is 4.79 Å². The highest BCUT2D eigenvalue weighted by atomic mass is 16.5. The minimum atomic E-state index is -0.0146. The summed E-state index contributed by atoms with van der Waals surface area (Å²) in [6.07, 6.45) is 0.845. The van der Waals surface area contributed by atoms with Gasteiger partial charge in [-0.2, -0.15) is 0 Å². The molecule has 0 saturated carbocycles. The van der Waals surface area contributed by atoms with Crippen molar-refractivity contribution in [3.63, 3.8) is 0 Å². The van der Waals surface area contributed by atoms with Gasteiger partial charge in [-0.15, -0.1) is 0 Å². The zero-order valence-electron chi connectivity index (χ0n) is 14.4. The van der Waals surface area contributed by atoms with Crippen LogP contribution < -0.4 is 5.32 Å². The summed E-state index contributed by atoms with van der Waals surface area (Å²) in [5.74, 6) is -0.0146. The average Bonchev–Trinajstić information content (AvgIpc) is 2.52. The van der Waals surface area contributed by atoms with Gasteiger partial charge >= 0.3 is 0 Å². The van der Waals surface area contributed by atoms with Crippen LogP contribution >= 0.6 is 0 Å². The minimum absolute atomic E-state index is 0.0146. The molecule has 0 spiro atoms. The topological polar surface area (TPSA) is 41.6 Å². The number of benzene rings is 1. The molecule has 0 fully saturated rings. The van der Waals surface area contributed by atoms with Gasteiger partial charge in [-0.25, -0.2) is 0 Å². The normalized spacial score (nSPS) is 11.2. The highest BCUT2D eigenvalue weighted by Gasteiger charge is 2.09. The predicted molar refractivity (Wildman–Crippen MR) is 91.1 cm³/mol. The van der Waals surface area contributed by atoms with E-state index in [-0.39, 0.29) is 5.91 Å². The SMILES string of the molecule is CCOCCCNC(=O)c1ccc(CN(CC)C(C)C)cc1. The first kappa shape index (κ1) is 18.7. The summed E-state index contributed by atoms with van der Waals surface area (Å²) in [6, 6.07) is 8.42. The molecule has 1 aromatic rings. The van der Waals surface area contributed by atoms with Gasteiger partial charge in [0.2, 0.25) is 0 Å². The van der Waals surface area contributed by atoms with Crippen molar-refractivity contribution in [2.45, 2.75) is 46.7 Å². The van der Waals surface area contributed by atoms with E-state index < -0.39 is 0 Å². The number of carbonyl (C=O) groups is 1. The first-order valence-corrected chi connectivity index (χ1v) is 8.27. The highest BCUT2D eigenvalue weighted by Crippen LogP contribution is 2.10. The van der Waals surface area contributed by atoms with Crippen molar-refractivity contribution in [1.29, 1.82) is 0 Å². The highest BCUT2D eigenvalue weighted by molar-refractivity contribution is 5.94. The molecule has 124 valence electrons. The maximum Gasteiger partial charge on any atom is 0.251 e. The smallest absolute Gasteiger partial charge is 0.251 e. The van der Waals surface area contributed by atoms with Crippen LogP contribution in [0.5, 0.6) is 0 Å². The quantitative estimate of drug-likeness (QED) is 0.675. The summed E-state index contributed by atoms with van der Waals surface area (Å²) in [5.41, 5.74) is 1.95. The molecule has 0 saturated heterocycles. The largest absolute Gasteiger partial charge is 0.382 e. The fraction of sp³-hybridized carbons (Fsp3) is 0.611. The second-order valence-corrected chi connectivity index (χ2v) is 5.66. The number of amides is 1. The standard InChI is InChI=1S/C18H30N2O2/c1-5-20(15(3)4)14-16-8-10-17(11-9-16)18(21)19-12-7-13-22-6-2/h8-11,15H,5-7,12-14H2,1-4H3,(H,19,21). The Morgan fingerprint density at radius 1 is 1.23 bits per heavy atom. The second-order valence-electron chi connectivity index (χ2n) is 5.66. The Morgan fingerprint density at radius 3 is 2.45 bits per heavy atom. The van der Waals surface area contributed by atoms with Crippen molar-refractivity contribution < 1.29 is 9.53 Å². The Kier molecular flexibility index (Phi) is 8.78. The third-order valence-electron chi connectivity index (χ3n) is 3.69. The van der Waals surface area contributed by atoms with Crippen molar-refractivity contribution in [2.24, 2.45) is 0 Å². The van der Waals surface area contributed by atoms with Gasteiger partial charge in [-0.05, 0) is 51.4 Å². The van der Waals surface area contributed by atoms with E-state index in [1.54, 1.807) is 0 Å². The molecule has 0 heterocycles. The number of hydrogen-bond donors (Lipinski definition) is 1. The average molecular weight is 306 g/mol. The van der Waals surface area contributed by atoms with E-state index in [1.165, 1.54) is 5.56 Å². The van der Waals surface area contributed by atoms with Gasteiger partial charge < -0.3 is 10.1 Å². The molecule has 0 unspecified atom stereocenters. The predicted octanol–water partition coefficient (Wildman–Crippen LogP) is 3.07. The first-order chi connectivity index (χ1) is 10.6. The maximum atomic E-state index is 12.0. The van der Waals surface area contributed by atoms with Gasteiger partial charge in [0, 0.05) is 37.9 Å². The molecule has 0 aromatic heterocycles. The summed E-state index contributed by atoms with van der Waals surface area (Å²) < 4.78 is 5.25. The zero-order chi connectivity index (χ0) is 16.4. The van der Waals surface area contributed by atoms with E-state index in [1.807, 2.05) is 31.2 Å². The number of hydrogen-bond acceptors (Lipinski definition) is 3. The van der Waals surface area contributed by atoms with Crippen molar-refractivity contribution in [3.05, 3.63) is 35.4 Å². The number of ether oxygens (including phenoxy) is 1. The molecule has 22 heavy (non-hydrogen) atoms. The first-order valence-electron chi connectivity index (χ1n) is 8.27. The molecule has 0 atom stereocenters. The minimum Gasteiger partial charge on any atom is -0.382 e. The monoisotopic (exact) mass is 306 g/mol. The molecule has 4 heteroatoms. The van der Waals surface area contributed by atoms with Crippen LogP contribution in [0.3, 0.4) is 0 Å². The van der Waals surface area contributed by atoms with E-state index in [4.69, 9.17) is 4.74 Å². The van der Waals surface area contributed by atoms with Crippen LogP contribution in [0.1, 0.15) is 50.0 Å². The van der Waals surface area contributed by atoms with Gasteiger partial charge in [0.25, 0.3) is 5.91 Å². The third kappa shape index (κ3) is 6.58. The van der Waals surface area contributed by atoms with Crippen LogP contribution in [-0.2, 0) is 11.3 Å². The summed E-state index contributed by atoms with van der Waals surface area (Å²) in [7, 11) is 0. The summed E-state index contributed by atoms with van der Waals surface area (Å²) in [4.78, 5) is 14.4. The lowest BCUT2D eigenvalue weighted by Crippen LogP contribution is -2.30. The number of nitrogens with zero attached hydrogens (tertiary/aromatic N) is 1. The molecule has 1 rings (SSSR count). The molecule has 0 aliphatic carbocycles. The van der Waals surface area contributed by atoms with E-state index in [0.717, 1.165) is 26.1 Å². The molecule has 0 bridgehead atoms. The Hall–Kier alpha value is -1.39. The summed E-state index contributed by atoms with van der Waals surface area (Å²) >= 11 is 0. The van der Waals surface area contributed by atoms with E-state index >= 15 is 0 Å². The van der Waals surface area contributed by atoms with Crippen molar-refractivity contribution >= 4 is 5.91 Å². The van der Waals surface area contributed by atoms with Gasteiger partial charge in [0.1, 0.15) is 0 Å². The van der Waals surface area contributed by atoms with Gasteiger partial charge in [0.05, 0.1) is 0 Å². The Bertz CT molecular complexity index is 429. The molecule has 1 aromatic carbocycles. The fourth-order valence-electron chi connectivity index (χ4n) is 2.28. The maximum absolute atomic E-state index is 12.0.